The number of para-hydroxylation sites is 1. The van der Waals surface area contributed by atoms with E-state index in [1.807, 2.05) is 39.0 Å². The fourth-order valence-corrected chi connectivity index (χ4v) is 7.65. The SMILES string of the molecule is Cc1cc(OC(=O)[C@@H]2CC(=O)N(c3c(C)cccc3C)C2)ccc1N1C(=O)[C@@H]2[C@H]3C=C[C@@H]([C@@H]4C[C@@H]34)[C@@H]2C1=O. The van der Waals surface area contributed by atoms with Crippen LogP contribution in [0.25, 0.3) is 0 Å². The molecule has 2 heterocycles. The molecule has 7 nitrogen and oxygen atoms in total. The number of aryl methyl sites for hydroxylation is 3. The first kappa shape index (κ1) is 23.4. The number of imide groups is 1. The van der Waals surface area contributed by atoms with Gasteiger partial charge in [0.15, 0.2) is 0 Å². The van der Waals surface area contributed by atoms with Gasteiger partial charge in [0.1, 0.15) is 5.75 Å². The van der Waals surface area contributed by atoms with Crippen molar-refractivity contribution >= 4 is 35.1 Å². The van der Waals surface area contributed by atoms with Crippen LogP contribution >= 0.6 is 0 Å². The van der Waals surface area contributed by atoms with Gasteiger partial charge in [0.05, 0.1) is 23.4 Å². The summed E-state index contributed by atoms with van der Waals surface area (Å²) < 4.78 is 5.69. The van der Waals surface area contributed by atoms with Crippen molar-refractivity contribution in [3.05, 3.63) is 65.2 Å². The highest BCUT2D eigenvalue weighted by molar-refractivity contribution is 6.23. The summed E-state index contributed by atoms with van der Waals surface area (Å²) in [6.07, 6.45) is 5.56. The summed E-state index contributed by atoms with van der Waals surface area (Å²) in [4.78, 5) is 55.8. The zero-order valence-corrected chi connectivity index (χ0v) is 21.7. The second-order valence-electron chi connectivity index (χ2n) is 11.7. The summed E-state index contributed by atoms with van der Waals surface area (Å²) in [6, 6.07) is 10.9. The maximum Gasteiger partial charge on any atom is 0.316 e. The van der Waals surface area contributed by atoms with E-state index in [0.29, 0.717) is 28.8 Å². The van der Waals surface area contributed by atoms with Gasteiger partial charge in [-0.25, -0.2) is 4.90 Å². The van der Waals surface area contributed by atoms with Crippen molar-refractivity contribution in [2.45, 2.75) is 33.6 Å². The first-order valence-corrected chi connectivity index (χ1v) is 13.5. The third-order valence-corrected chi connectivity index (χ3v) is 9.46. The van der Waals surface area contributed by atoms with E-state index in [-0.39, 0.29) is 54.4 Å². The Balaban J connectivity index is 1.07. The molecule has 2 aromatic carbocycles. The van der Waals surface area contributed by atoms with Crippen LogP contribution in [0.1, 0.15) is 29.5 Å². The number of benzene rings is 2. The molecule has 7 atom stereocenters. The summed E-state index contributed by atoms with van der Waals surface area (Å²) in [5, 5.41) is 0. The van der Waals surface area contributed by atoms with Crippen molar-refractivity contribution in [2.24, 2.45) is 41.4 Å². The molecule has 4 fully saturated rings. The molecule has 0 N–H and O–H groups in total. The second-order valence-corrected chi connectivity index (χ2v) is 11.7. The van der Waals surface area contributed by atoms with Crippen LogP contribution in [-0.4, -0.2) is 30.2 Å². The topological polar surface area (TPSA) is 84.0 Å². The molecular weight excluding hydrogens is 480 g/mol. The summed E-state index contributed by atoms with van der Waals surface area (Å²) in [5.74, 6) is -0.0291. The Hall–Kier alpha value is -3.74. The van der Waals surface area contributed by atoms with Crippen LogP contribution in [0.5, 0.6) is 5.75 Å². The minimum absolute atomic E-state index is 0.0931. The molecule has 8 rings (SSSR count). The Bertz CT molecular complexity index is 1400. The zero-order valence-electron chi connectivity index (χ0n) is 21.7. The highest BCUT2D eigenvalue weighted by Gasteiger charge is 2.67. The van der Waals surface area contributed by atoms with Gasteiger partial charge in [0.25, 0.3) is 0 Å². The smallest absolute Gasteiger partial charge is 0.316 e. The normalized spacial score (nSPS) is 32.6. The van der Waals surface area contributed by atoms with Crippen molar-refractivity contribution < 1.29 is 23.9 Å². The molecule has 0 unspecified atom stereocenters. The summed E-state index contributed by atoms with van der Waals surface area (Å²) in [7, 11) is 0. The lowest BCUT2D eigenvalue weighted by Crippen LogP contribution is -2.40. The number of allylic oxidation sites excluding steroid dienone is 2. The summed E-state index contributed by atoms with van der Waals surface area (Å²) >= 11 is 0. The van der Waals surface area contributed by atoms with Crippen LogP contribution in [0, 0.1) is 62.2 Å². The lowest BCUT2D eigenvalue weighted by molar-refractivity contribution is -0.139. The molecule has 0 aromatic heterocycles. The largest absolute Gasteiger partial charge is 0.426 e. The summed E-state index contributed by atoms with van der Waals surface area (Å²) in [6.45, 7) is 6.01. The first-order valence-electron chi connectivity index (χ1n) is 13.5. The van der Waals surface area contributed by atoms with Gasteiger partial charge in [-0.2, -0.15) is 0 Å². The molecule has 0 radical (unpaired) electrons. The monoisotopic (exact) mass is 510 g/mol. The predicted molar refractivity (Wildman–Crippen MR) is 140 cm³/mol. The maximum absolute atomic E-state index is 13.5. The van der Waals surface area contributed by atoms with Gasteiger partial charge in [-0.15, -0.1) is 0 Å². The van der Waals surface area contributed by atoms with Crippen LogP contribution in [0.15, 0.2) is 48.6 Å². The van der Waals surface area contributed by atoms with Crippen molar-refractivity contribution in [2.75, 3.05) is 16.3 Å². The Morgan fingerprint density at radius 2 is 1.50 bits per heavy atom. The Kier molecular flexibility index (Phi) is 5.00. The highest BCUT2D eigenvalue weighted by Crippen LogP contribution is 2.65. The molecule has 38 heavy (non-hydrogen) atoms. The van der Waals surface area contributed by atoms with E-state index in [1.54, 1.807) is 23.1 Å². The number of amides is 3. The molecule has 2 aliphatic heterocycles. The number of anilines is 2. The van der Waals surface area contributed by atoms with Crippen LogP contribution in [0.3, 0.4) is 0 Å². The number of rotatable bonds is 4. The van der Waals surface area contributed by atoms with E-state index in [4.69, 9.17) is 4.74 Å². The highest BCUT2D eigenvalue weighted by atomic mass is 16.5. The third-order valence-electron chi connectivity index (χ3n) is 9.46. The Morgan fingerprint density at radius 1 is 0.868 bits per heavy atom. The van der Waals surface area contributed by atoms with Crippen LogP contribution < -0.4 is 14.5 Å². The van der Waals surface area contributed by atoms with Gasteiger partial charge in [-0.3, -0.25) is 19.2 Å². The summed E-state index contributed by atoms with van der Waals surface area (Å²) in [5.41, 5.74) is 4.09. The molecule has 2 aromatic rings. The minimum atomic E-state index is -0.569. The molecule has 4 aliphatic carbocycles. The van der Waals surface area contributed by atoms with Gasteiger partial charge >= 0.3 is 5.97 Å². The molecular formula is C31H30N2O5. The number of nitrogens with zero attached hydrogens (tertiary/aromatic N) is 2. The van der Waals surface area contributed by atoms with Crippen LogP contribution in [0.2, 0.25) is 0 Å². The first-order chi connectivity index (χ1) is 18.2. The van der Waals surface area contributed by atoms with Crippen molar-refractivity contribution in [3.8, 4) is 5.75 Å². The Morgan fingerprint density at radius 3 is 2.11 bits per heavy atom. The molecule has 2 saturated heterocycles. The average molecular weight is 511 g/mol. The molecule has 6 aliphatic rings. The number of carbonyl (C=O) groups excluding carboxylic acids is 4. The number of hydrogen-bond acceptors (Lipinski definition) is 5. The average Bonchev–Trinajstić information content (AvgIpc) is 3.57. The molecule has 2 saturated carbocycles. The van der Waals surface area contributed by atoms with Gasteiger partial charge in [0, 0.05) is 18.7 Å². The molecule has 0 spiro atoms. The number of esters is 1. The van der Waals surface area contributed by atoms with E-state index in [1.165, 1.54) is 4.90 Å². The van der Waals surface area contributed by atoms with Gasteiger partial charge in [-0.05, 0) is 85.8 Å². The van der Waals surface area contributed by atoms with Crippen molar-refractivity contribution in [3.63, 3.8) is 0 Å². The quantitative estimate of drug-likeness (QED) is 0.267. The molecule has 7 heteroatoms. The fourth-order valence-electron chi connectivity index (χ4n) is 7.65. The van der Waals surface area contributed by atoms with Crippen LogP contribution in [-0.2, 0) is 19.2 Å². The van der Waals surface area contributed by atoms with Crippen LogP contribution in [0.4, 0.5) is 11.4 Å². The van der Waals surface area contributed by atoms with Gasteiger partial charge < -0.3 is 9.64 Å². The van der Waals surface area contributed by atoms with Gasteiger partial charge in [-0.1, -0.05) is 30.4 Å². The zero-order chi connectivity index (χ0) is 26.5. The lowest BCUT2D eigenvalue weighted by Gasteiger charge is -2.37. The lowest BCUT2D eigenvalue weighted by atomic mass is 9.63. The number of ether oxygens (including phenoxy) is 1. The van der Waals surface area contributed by atoms with E-state index < -0.39 is 11.9 Å². The fraction of sp³-hybridized carbons (Fsp3) is 0.419. The minimum Gasteiger partial charge on any atom is -0.426 e. The predicted octanol–water partition coefficient (Wildman–Crippen LogP) is 4.13. The third kappa shape index (κ3) is 3.27. The Labute approximate surface area is 221 Å². The molecule has 194 valence electrons. The van der Waals surface area contributed by atoms with Crippen molar-refractivity contribution in [1.82, 2.24) is 0 Å². The number of carbonyl (C=O) groups is 4. The molecule has 3 amide bonds. The molecule has 2 bridgehead atoms. The van der Waals surface area contributed by atoms with E-state index in [9.17, 15) is 19.2 Å². The number of hydrogen-bond donors (Lipinski definition) is 0. The maximum atomic E-state index is 13.5. The van der Waals surface area contributed by atoms with Gasteiger partial charge in [0.2, 0.25) is 17.7 Å². The van der Waals surface area contributed by atoms with E-state index in [2.05, 4.69) is 12.2 Å². The van der Waals surface area contributed by atoms with E-state index in [0.717, 1.165) is 23.2 Å². The standard InChI is InChI=1S/C31H30N2O5/c1-15-5-4-6-16(2)28(15)32-14-18(12-25(32)34)31(37)38-19-7-10-24(17(3)11-19)33-29(35)26-20-8-9-21(23-13-22(20)23)27(26)30(33)36/h4-11,18,20-23,26-27H,12-14H2,1-3H3/t18-,20+,21+,22+,23+,26-,27+/m1/s1. The van der Waals surface area contributed by atoms with E-state index >= 15 is 0 Å². The van der Waals surface area contributed by atoms with Crippen molar-refractivity contribution in [1.29, 1.82) is 0 Å². The second kappa shape index (κ2) is 8.13.